The molecule has 0 heterocycles. The third kappa shape index (κ3) is 5.93. The van der Waals surface area contributed by atoms with E-state index in [-0.39, 0.29) is 17.3 Å². The molecule has 0 aliphatic carbocycles. The average molecular weight is 439 g/mol. The molecule has 1 amide bonds. The van der Waals surface area contributed by atoms with Crippen LogP contribution < -0.4 is 14.8 Å². The summed E-state index contributed by atoms with van der Waals surface area (Å²) in [6.45, 7) is 5.73. The molecule has 7 heteroatoms. The fraction of sp³-hybridized carbons (Fsp3) is 0.208. The summed E-state index contributed by atoms with van der Waals surface area (Å²) in [5.74, 6) is 0.372. The van der Waals surface area contributed by atoms with E-state index >= 15 is 0 Å². The van der Waals surface area contributed by atoms with Gasteiger partial charge in [0.15, 0.2) is 6.10 Å². The molecule has 0 unspecified atom stereocenters. The summed E-state index contributed by atoms with van der Waals surface area (Å²) in [5.41, 5.74) is 3.27. The molecule has 0 saturated heterocycles. The van der Waals surface area contributed by atoms with Crippen molar-refractivity contribution in [3.63, 3.8) is 0 Å². The molecule has 3 aromatic rings. The number of amides is 1. The maximum atomic E-state index is 12.5. The van der Waals surface area contributed by atoms with Crippen molar-refractivity contribution in [2.75, 3.05) is 5.32 Å². The van der Waals surface area contributed by atoms with Crippen LogP contribution in [0.4, 0.5) is 5.69 Å². The van der Waals surface area contributed by atoms with Gasteiger partial charge in [-0.25, -0.2) is 13.1 Å². The average Bonchev–Trinajstić information content (AvgIpc) is 2.76. The fourth-order valence-electron chi connectivity index (χ4n) is 3.03. The summed E-state index contributed by atoms with van der Waals surface area (Å²) >= 11 is 0. The maximum Gasteiger partial charge on any atom is 0.265 e. The quantitative estimate of drug-likeness (QED) is 0.552. The molecular formula is C24H26N2O4S. The molecule has 1 atom stereocenters. The molecule has 0 aliphatic heterocycles. The number of ether oxygens (including phenoxy) is 1. The molecule has 6 nitrogen and oxygen atoms in total. The number of carbonyl (C=O) groups is 1. The Morgan fingerprint density at radius 3 is 2.13 bits per heavy atom. The lowest BCUT2D eigenvalue weighted by molar-refractivity contribution is -0.122. The summed E-state index contributed by atoms with van der Waals surface area (Å²) in [6.07, 6.45) is -0.712. The van der Waals surface area contributed by atoms with Gasteiger partial charge in [0.2, 0.25) is 10.0 Å². The second-order valence-corrected chi connectivity index (χ2v) is 9.07. The van der Waals surface area contributed by atoms with Crippen LogP contribution in [0.1, 0.15) is 23.6 Å². The van der Waals surface area contributed by atoms with Crippen LogP contribution in [0.25, 0.3) is 0 Å². The lowest BCUT2D eigenvalue weighted by atomic mass is 10.1. The van der Waals surface area contributed by atoms with E-state index in [1.807, 2.05) is 62.4 Å². The Morgan fingerprint density at radius 1 is 0.903 bits per heavy atom. The van der Waals surface area contributed by atoms with Crippen LogP contribution in [0.5, 0.6) is 5.75 Å². The van der Waals surface area contributed by atoms with E-state index in [0.717, 1.165) is 16.7 Å². The predicted molar refractivity (Wildman–Crippen MR) is 122 cm³/mol. The molecule has 162 valence electrons. The van der Waals surface area contributed by atoms with Crippen molar-refractivity contribution in [1.82, 2.24) is 4.72 Å². The summed E-state index contributed by atoms with van der Waals surface area (Å²) < 4.78 is 33.4. The monoisotopic (exact) mass is 438 g/mol. The molecular weight excluding hydrogens is 412 g/mol. The lowest BCUT2D eigenvalue weighted by Gasteiger charge is -2.18. The van der Waals surface area contributed by atoms with Crippen molar-refractivity contribution in [2.24, 2.45) is 0 Å². The number of aryl methyl sites for hydroxylation is 2. The number of sulfonamides is 1. The molecule has 0 spiro atoms. The molecule has 3 rings (SSSR count). The molecule has 2 N–H and O–H groups in total. The largest absolute Gasteiger partial charge is 0.480 e. The van der Waals surface area contributed by atoms with Gasteiger partial charge in [-0.2, -0.15) is 0 Å². The van der Waals surface area contributed by atoms with Crippen molar-refractivity contribution in [3.05, 3.63) is 89.5 Å². The molecule has 0 radical (unpaired) electrons. The molecule has 0 bridgehead atoms. The normalized spacial score (nSPS) is 12.2. The first kappa shape index (κ1) is 22.5. The van der Waals surface area contributed by atoms with Gasteiger partial charge in [-0.3, -0.25) is 4.79 Å². The molecule has 0 saturated carbocycles. The van der Waals surface area contributed by atoms with E-state index < -0.39 is 16.1 Å². The zero-order valence-corrected chi connectivity index (χ0v) is 18.6. The highest BCUT2D eigenvalue weighted by Crippen LogP contribution is 2.24. The predicted octanol–water partition coefficient (Wildman–Crippen LogP) is 4.19. The Morgan fingerprint density at radius 2 is 1.52 bits per heavy atom. The van der Waals surface area contributed by atoms with Crippen molar-refractivity contribution >= 4 is 21.6 Å². The third-order valence-corrected chi connectivity index (χ3v) is 6.23. The number of anilines is 1. The van der Waals surface area contributed by atoms with Crippen LogP contribution in [0.3, 0.4) is 0 Å². The number of para-hydroxylation sites is 1. The summed E-state index contributed by atoms with van der Waals surface area (Å²) in [5, 5.41) is 2.76. The van der Waals surface area contributed by atoms with E-state index in [1.165, 1.54) is 12.1 Å². The van der Waals surface area contributed by atoms with Crippen LogP contribution in [0.15, 0.2) is 77.7 Å². The zero-order chi connectivity index (χ0) is 22.4. The van der Waals surface area contributed by atoms with Gasteiger partial charge in [0.1, 0.15) is 5.75 Å². The third-order valence-electron chi connectivity index (χ3n) is 4.81. The van der Waals surface area contributed by atoms with Crippen LogP contribution in [0, 0.1) is 13.8 Å². The fourth-order valence-corrected chi connectivity index (χ4v) is 4.05. The summed E-state index contributed by atoms with van der Waals surface area (Å²) in [4.78, 5) is 12.6. The second-order valence-electron chi connectivity index (χ2n) is 7.30. The summed E-state index contributed by atoms with van der Waals surface area (Å²) in [7, 11) is -3.66. The number of hydrogen-bond donors (Lipinski definition) is 2. The first-order valence-corrected chi connectivity index (χ1v) is 11.4. The number of nitrogens with one attached hydrogen (secondary N) is 2. The van der Waals surface area contributed by atoms with Crippen molar-refractivity contribution in [1.29, 1.82) is 0 Å². The highest BCUT2D eigenvalue weighted by molar-refractivity contribution is 7.89. The Kier molecular flexibility index (Phi) is 7.09. The van der Waals surface area contributed by atoms with Gasteiger partial charge in [-0.1, -0.05) is 48.5 Å². The standard InChI is InChI=1S/C24H26N2O4S/c1-17-8-7-9-18(2)23(17)30-19(3)24(27)26-21-12-14-22(15-13-21)31(28,29)25-16-20-10-5-4-6-11-20/h4-15,19,25H,16H2,1-3H3,(H,26,27)/t19-/m1/s1. The smallest absolute Gasteiger partial charge is 0.265 e. The van der Waals surface area contributed by atoms with Crippen LogP contribution in [-0.4, -0.2) is 20.4 Å². The molecule has 0 aliphatic rings. The minimum atomic E-state index is -3.66. The second kappa shape index (κ2) is 9.76. The van der Waals surface area contributed by atoms with Crippen LogP contribution >= 0.6 is 0 Å². The van der Waals surface area contributed by atoms with Gasteiger partial charge < -0.3 is 10.1 Å². The van der Waals surface area contributed by atoms with Gasteiger partial charge in [-0.15, -0.1) is 0 Å². The Hall–Kier alpha value is -3.16. The van der Waals surface area contributed by atoms with Gasteiger partial charge in [0, 0.05) is 12.2 Å². The minimum Gasteiger partial charge on any atom is -0.480 e. The highest BCUT2D eigenvalue weighted by atomic mass is 32.2. The molecule has 0 fully saturated rings. The number of benzene rings is 3. The Bertz CT molecular complexity index is 1120. The minimum absolute atomic E-state index is 0.126. The van der Waals surface area contributed by atoms with Gasteiger partial charge in [0.25, 0.3) is 5.91 Å². The van der Waals surface area contributed by atoms with Gasteiger partial charge in [0.05, 0.1) is 4.90 Å². The first-order valence-electron chi connectivity index (χ1n) is 9.93. The SMILES string of the molecule is Cc1cccc(C)c1O[C@H](C)C(=O)Nc1ccc(S(=O)(=O)NCc2ccccc2)cc1. The topological polar surface area (TPSA) is 84.5 Å². The zero-order valence-electron chi connectivity index (χ0n) is 17.8. The van der Waals surface area contributed by atoms with Crippen molar-refractivity contribution in [2.45, 2.75) is 38.3 Å². The van der Waals surface area contributed by atoms with E-state index in [0.29, 0.717) is 11.4 Å². The summed E-state index contributed by atoms with van der Waals surface area (Å²) in [6, 6.07) is 21.1. The highest BCUT2D eigenvalue weighted by Gasteiger charge is 2.18. The first-order chi connectivity index (χ1) is 14.8. The van der Waals surface area contributed by atoms with Crippen molar-refractivity contribution in [3.8, 4) is 5.75 Å². The Labute approximate surface area is 183 Å². The van der Waals surface area contributed by atoms with E-state index in [1.54, 1.807) is 19.1 Å². The van der Waals surface area contributed by atoms with Crippen molar-refractivity contribution < 1.29 is 17.9 Å². The van der Waals surface area contributed by atoms with Gasteiger partial charge in [-0.05, 0) is 61.7 Å². The number of hydrogen-bond acceptors (Lipinski definition) is 4. The van der Waals surface area contributed by atoms with Crippen LogP contribution in [-0.2, 0) is 21.4 Å². The molecule has 3 aromatic carbocycles. The molecule has 0 aromatic heterocycles. The maximum absolute atomic E-state index is 12.5. The van der Waals surface area contributed by atoms with E-state index in [9.17, 15) is 13.2 Å². The van der Waals surface area contributed by atoms with E-state index in [2.05, 4.69) is 10.0 Å². The van der Waals surface area contributed by atoms with E-state index in [4.69, 9.17) is 4.74 Å². The number of rotatable bonds is 8. The number of carbonyl (C=O) groups excluding carboxylic acids is 1. The van der Waals surface area contributed by atoms with Crippen LogP contribution in [0.2, 0.25) is 0 Å². The van der Waals surface area contributed by atoms with Gasteiger partial charge >= 0.3 is 0 Å². The Balaban J connectivity index is 1.61. The lowest BCUT2D eigenvalue weighted by Crippen LogP contribution is -2.30. The molecule has 31 heavy (non-hydrogen) atoms.